The second kappa shape index (κ2) is 6.42. The van der Waals surface area contributed by atoms with Gasteiger partial charge in [0.2, 0.25) is 0 Å². The first-order valence-electron chi connectivity index (χ1n) is 5.73. The predicted octanol–water partition coefficient (Wildman–Crippen LogP) is 0.940. The third kappa shape index (κ3) is 3.48. The number of hydrogen-bond donors (Lipinski definition) is 2. The van der Waals surface area contributed by atoms with Crippen molar-refractivity contribution in [3.05, 3.63) is 36.0 Å². The van der Waals surface area contributed by atoms with Crippen molar-refractivity contribution >= 4 is 10.8 Å². The first-order chi connectivity index (χ1) is 8.77. The van der Waals surface area contributed by atoms with Crippen molar-refractivity contribution in [2.24, 2.45) is 0 Å². The van der Waals surface area contributed by atoms with E-state index in [0.717, 1.165) is 17.0 Å². The molecule has 1 heterocycles. The molecule has 2 N–H and O–H groups in total. The maximum absolute atomic E-state index is 10.9. The Morgan fingerprint density at radius 2 is 2.06 bits per heavy atom. The Labute approximate surface area is 108 Å². The molecule has 1 unspecified atom stereocenters. The third-order valence-corrected chi connectivity index (χ3v) is 3.31. The van der Waals surface area contributed by atoms with E-state index in [2.05, 4.69) is 20.7 Å². The monoisotopic (exact) mass is 264 g/mol. The van der Waals surface area contributed by atoms with Gasteiger partial charge in [-0.1, -0.05) is 30.3 Å². The highest BCUT2D eigenvalue weighted by Gasteiger charge is 2.09. The summed E-state index contributed by atoms with van der Waals surface area (Å²) in [5, 5.41) is 14.2. The minimum atomic E-state index is -0.762. The number of nitrogens with zero attached hydrogens (tertiary/aromatic N) is 2. The molecule has 18 heavy (non-hydrogen) atoms. The Hall–Kier alpha value is -1.53. The van der Waals surface area contributed by atoms with Crippen molar-refractivity contribution in [2.75, 3.05) is 18.6 Å². The van der Waals surface area contributed by atoms with Crippen molar-refractivity contribution in [1.29, 1.82) is 0 Å². The van der Waals surface area contributed by atoms with Crippen LogP contribution in [0.25, 0.3) is 11.3 Å². The molecular formula is C12H16N4OS. The molecule has 1 aromatic carbocycles. The van der Waals surface area contributed by atoms with Crippen LogP contribution < -0.4 is 5.32 Å². The average molecular weight is 264 g/mol. The second-order valence-corrected chi connectivity index (χ2v) is 5.49. The summed E-state index contributed by atoms with van der Waals surface area (Å²) in [6.07, 6.45) is 1.70. The van der Waals surface area contributed by atoms with E-state index in [0.29, 0.717) is 18.8 Å². The highest BCUT2D eigenvalue weighted by atomic mass is 32.2. The summed E-state index contributed by atoms with van der Waals surface area (Å²) >= 11 is 0. The van der Waals surface area contributed by atoms with Crippen LogP contribution in [0.3, 0.4) is 0 Å². The van der Waals surface area contributed by atoms with Crippen LogP contribution in [0.2, 0.25) is 0 Å². The quantitative estimate of drug-likeness (QED) is 0.762. The van der Waals surface area contributed by atoms with Crippen LogP contribution in [0.15, 0.2) is 30.3 Å². The molecule has 96 valence electrons. The van der Waals surface area contributed by atoms with E-state index in [1.54, 1.807) is 6.26 Å². The van der Waals surface area contributed by atoms with Gasteiger partial charge in [-0.15, -0.1) is 0 Å². The standard InChI is InChI=1S/C12H16N4OS/c1-18(17)8-7-13-9-11-12(15-16-14-11)10-5-3-2-4-6-10/h2-6,13H,7-9H2,1H3,(H,14,15,16). The number of hydrogen-bond acceptors (Lipinski definition) is 4. The number of aromatic amines is 1. The minimum Gasteiger partial charge on any atom is -0.310 e. The summed E-state index contributed by atoms with van der Waals surface area (Å²) in [6.45, 7) is 1.34. The van der Waals surface area contributed by atoms with Gasteiger partial charge < -0.3 is 5.32 Å². The molecule has 1 atom stereocenters. The molecule has 0 aliphatic heterocycles. The van der Waals surface area contributed by atoms with Gasteiger partial charge in [0.1, 0.15) is 11.4 Å². The Morgan fingerprint density at radius 3 is 2.78 bits per heavy atom. The van der Waals surface area contributed by atoms with Crippen LogP contribution in [-0.4, -0.2) is 38.2 Å². The Morgan fingerprint density at radius 1 is 1.28 bits per heavy atom. The summed E-state index contributed by atoms with van der Waals surface area (Å²) in [6, 6.07) is 9.92. The zero-order valence-corrected chi connectivity index (χ0v) is 11.0. The summed E-state index contributed by atoms with van der Waals surface area (Å²) in [7, 11) is -0.762. The topological polar surface area (TPSA) is 70.7 Å². The molecule has 6 heteroatoms. The number of aromatic nitrogens is 3. The maximum atomic E-state index is 10.9. The first kappa shape index (κ1) is 12.9. The molecule has 5 nitrogen and oxygen atoms in total. The lowest BCUT2D eigenvalue weighted by Gasteiger charge is -2.03. The van der Waals surface area contributed by atoms with Crippen molar-refractivity contribution in [3.63, 3.8) is 0 Å². The van der Waals surface area contributed by atoms with Crippen molar-refractivity contribution in [1.82, 2.24) is 20.7 Å². The van der Waals surface area contributed by atoms with E-state index in [-0.39, 0.29) is 0 Å². The summed E-state index contributed by atoms with van der Waals surface area (Å²) < 4.78 is 10.9. The first-order valence-corrected chi connectivity index (χ1v) is 7.46. The zero-order chi connectivity index (χ0) is 12.8. The molecule has 0 saturated carbocycles. The van der Waals surface area contributed by atoms with Crippen LogP contribution in [0.4, 0.5) is 0 Å². The molecule has 0 spiro atoms. The van der Waals surface area contributed by atoms with Crippen molar-refractivity contribution in [2.45, 2.75) is 6.54 Å². The van der Waals surface area contributed by atoms with Crippen LogP contribution in [0.1, 0.15) is 5.69 Å². The third-order valence-electron chi connectivity index (χ3n) is 2.53. The summed E-state index contributed by atoms with van der Waals surface area (Å²) in [5.74, 6) is 0.651. The number of benzene rings is 1. The smallest absolute Gasteiger partial charge is 0.117 e. The summed E-state index contributed by atoms with van der Waals surface area (Å²) in [4.78, 5) is 0. The Bertz CT molecular complexity index is 512. The predicted molar refractivity (Wildman–Crippen MR) is 72.5 cm³/mol. The average Bonchev–Trinajstić information content (AvgIpc) is 2.84. The Kier molecular flexibility index (Phi) is 4.60. The number of nitrogens with one attached hydrogen (secondary N) is 2. The van der Waals surface area contributed by atoms with Gasteiger partial charge in [0.25, 0.3) is 0 Å². The fraction of sp³-hybridized carbons (Fsp3) is 0.333. The van der Waals surface area contributed by atoms with Crippen LogP contribution in [-0.2, 0) is 17.3 Å². The normalized spacial score (nSPS) is 12.5. The van der Waals surface area contributed by atoms with Crippen LogP contribution in [0.5, 0.6) is 0 Å². The van der Waals surface area contributed by atoms with Gasteiger partial charge in [-0.05, 0) is 0 Å². The van der Waals surface area contributed by atoms with Crippen molar-refractivity contribution < 1.29 is 4.21 Å². The molecule has 2 rings (SSSR count). The largest absolute Gasteiger partial charge is 0.310 e. The maximum Gasteiger partial charge on any atom is 0.117 e. The van der Waals surface area contributed by atoms with Crippen LogP contribution in [0, 0.1) is 0 Å². The van der Waals surface area contributed by atoms with Gasteiger partial charge in [0.15, 0.2) is 0 Å². The van der Waals surface area contributed by atoms with Gasteiger partial charge in [-0.2, -0.15) is 15.4 Å². The lowest BCUT2D eigenvalue weighted by Crippen LogP contribution is -2.20. The highest BCUT2D eigenvalue weighted by molar-refractivity contribution is 7.84. The van der Waals surface area contributed by atoms with E-state index < -0.39 is 10.8 Å². The molecule has 0 radical (unpaired) electrons. The molecular weight excluding hydrogens is 248 g/mol. The van der Waals surface area contributed by atoms with E-state index in [1.807, 2.05) is 30.3 Å². The number of H-pyrrole nitrogens is 1. The molecule has 0 aliphatic carbocycles. The number of rotatable bonds is 6. The molecule has 0 saturated heterocycles. The van der Waals surface area contributed by atoms with Crippen LogP contribution >= 0.6 is 0 Å². The minimum absolute atomic E-state index is 0.623. The molecule has 2 aromatic rings. The van der Waals surface area contributed by atoms with E-state index in [4.69, 9.17) is 0 Å². The Balaban J connectivity index is 1.98. The molecule has 0 amide bonds. The second-order valence-electron chi connectivity index (χ2n) is 3.94. The van der Waals surface area contributed by atoms with Gasteiger partial charge in [0.05, 0.1) is 0 Å². The zero-order valence-electron chi connectivity index (χ0n) is 10.2. The van der Waals surface area contributed by atoms with Gasteiger partial charge in [0, 0.05) is 41.5 Å². The SMILES string of the molecule is CS(=O)CCNCc1n[nH]nc1-c1ccccc1. The molecule has 1 aromatic heterocycles. The molecule has 0 bridgehead atoms. The van der Waals surface area contributed by atoms with E-state index in [9.17, 15) is 4.21 Å². The van der Waals surface area contributed by atoms with Gasteiger partial charge in [-0.3, -0.25) is 4.21 Å². The fourth-order valence-corrected chi connectivity index (χ4v) is 2.06. The summed E-state index contributed by atoms with van der Waals surface area (Å²) in [5.41, 5.74) is 2.78. The fourth-order valence-electron chi connectivity index (χ4n) is 1.63. The van der Waals surface area contributed by atoms with E-state index in [1.165, 1.54) is 0 Å². The molecule has 0 fully saturated rings. The molecule has 0 aliphatic rings. The lowest BCUT2D eigenvalue weighted by atomic mass is 10.1. The lowest BCUT2D eigenvalue weighted by molar-refractivity contribution is 0.673. The van der Waals surface area contributed by atoms with Gasteiger partial charge in [-0.25, -0.2) is 0 Å². The highest BCUT2D eigenvalue weighted by Crippen LogP contribution is 2.18. The van der Waals surface area contributed by atoms with E-state index >= 15 is 0 Å². The van der Waals surface area contributed by atoms with Crippen molar-refractivity contribution in [3.8, 4) is 11.3 Å². The van der Waals surface area contributed by atoms with Gasteiger partial charge >= 0.3 is 0 Å².